The van der Waals surface area contributed by atoms with Gasteiger partial charge < -0.3 is 10.6 Å². The van der Waals surface area contributed by atoms with E-state index in [-0.39, 0.29) is 17.0 Å². The number of aromatic nitrogens is 2. The number of nitrogens with two attached hydrogens (primary N) is 1. The number of anilines is 2. The number of amides is 1. The highest BCUT2D eigenvalue weighted by atomic mass is 79.9. The maximum atomic E-state index is 11.7. The molecule has 0 saturated carbocycles. The Morgan fingerprint density at radius 3 is 3.00 bits per heavy atom. The van der Waals surface area contributed by atoms with E-state index < -0.39 is 0 Å². The monoisotopic (exact) mass is 304 g/mol. The molecule has 5 nitrogen and oxygen atoms in total. The zero-order chi connectivity index (χ0) is 11.7. The lowest BCUT2D eigenvalue weighted by molar-refractivity contribution is -0.117. The quantitative estimate of drug-likeness (QED) is 0.663. The summed E-state index contributed by atoms with van der Waals surface area (Å²) in [6.45, 7) is 0.638. The van der Waals surface area contributed by atoms with Crippen LogP contribution in [0, 0.1) is 5.92 Å². The fourth-order valence-electron chi connectivity index (χ4n) is 1.69. The molecule has 1 aromatic heterocycles. The molecule has 0 bridgehead atoms. The number of rotatable bonds is 2. The molecule has 1 aliphatic heterocycles. The average molecular weight is 306 g/mol. The minimum atomic E-state index is 0.0436. The van der Waals surface area contributed by atoms with Gasteiger partial charge in [-0.3, -0.25) is 4.79 Å². The molecule has 1 unspecified atom stereocenters. The Balaban J connectivity index is 2.28. The van der Waals surface area contributed by atoms with Crippen molar-refractivity contribution in [3.8, 4) is 0 Å². The van der Waals surface area contributed by atoms with Crippen LogP contribution in [-0.4, -0.2) is 27.7 Å². The number of alkyl halides is 1. The Morgan fingerprint density at radius 2 is 2.44 bits per heavy atom. The van der Waals surface area contributed by atoms with E-state index in [0.717, 1.165) is 5.33 Å². The minimum Gasteiger partial charge on any atom is -0.382 e. The molecule has 7 heteroatoms. The minimum absolute atomic E-state index is 0.0436. The predicted molar refractivity (Wildman–Crippen MR) is 65.7 cm³/mol. The van der Waals surface area contributed by atoms with Crippen LogP contribution in [0.4, 0.5) is 11.5 Å². The molecule has 86 valence electrons. The van der Waals surface area contributed by atoms with Crippen molar-refractivity contribution in [1.29, 1.82) is 0 Å². The first kappa shape index (κ1) is 11.6. The number of hydrogen-bond acceptors (Lipinski definition) is 4. The summed E-state index contributed by atoms with van der Waals surface area (Å²) >= 11 is 8.97. The second-order valence-electron chi connectivity index (χ2n) is 3.64. The van der Waals surface area contributed by atoms with Gasteiger partial charge in [0.15, 0.2) is 5.82 Å². The van der Waals surface area contributed by atoms with Gasteiger partial charge in [0.1, 0.15) is 5.69 Å². The summed E-state index contributed by atoms with van der Waals surface area (Å²) in [7, 11) is 0. The van der Waals surface area contributed by atoms with Gasteiger partial charge >= 0.3 is 0 Å². The molecular formula is C9H10BrClN4O. The van der Waals surface area contributed by atoms with Crippen LogP contribution < -0.4 is 10.6 Å². The van der Waals surface area contributed by atoms with Crippen molar-refractivity contribution in [2.24, 2.45) is 5.92 Å². The van der Waals surface area contributed by atoms with Gasteiger partial charge in [0.05, 0.1) is 6.20 Å². The van der Waals surface area contributed by atoms with E-state index >= 15 is 0 Å². The van der Waals surface area contributed by atoms with Crippen LogP contribution in [0.15, 0.2) is 6.20 Å². The smallest absolute Gasteiger partial charge is 0.227 e. The normalized spacial score (nSPS) is 20.5. The summed E-state index contributed by atoms with van der Waals surface area (Å²) in [6, 6.07) is 0. The third-order valence-electron chi connectivity index (χ3n) is 2.48. The van der Waals surface area contributed by atoms with Crippen molar-refractivity contribution < 1.29 is 4.79 Å². The molecule has 16 heavy (non-hydrogen) atoms. The van der Waals surface area contributed by atoms with Crippen LogP contribution in [0.5, 0.6) is 0 Å². The van der Waals surface area contributed by atoms with E-state index in [0.29, 0.717) is 24.6 Å². The number of carbonyl (C=O) groups is 1. The van der Waals surface area contributed by atoms with Crippen molar-refractivity contribution in [1.82, 2.24) is 9.97 Å². The van der Waals surface area contributed by atoms with Gasteiger partial charge in [0.2, 0.25) is 11.2 Å². The Hall–Kier alpha value is -0.880. The summed E-state index contributed by atoms with van der Waals surface area (Å²) in [5.41, 5.74) is 6.25. The first-order valence-corrected chi connectivity index (χ1v) is 6.26. The van der Waals surface area contributed by atoms with Crippen LogP contribution in [0.1, 0.15) is 6.42 Å². The lowest BCUT2D eigenvalue weighted by Gasteiger charge is -2.17. The predicted octanol–water partition coefficient (Wildman–Crippen LogP) is 1.46. The maximum Gasteiger partial charge on any atom is 0.227 e. The molecule has 1 aromatic rings. The van der Waals surface area contributed by atoms with Crippen LogP contribution in [0.2, 0.25) is 5.28 Å². The summed E-state index contributed by atoms with van der Waals surface area (Å²) < 4.78 is 0. The van der Waals surface area contributed by atoms with Gasteiger partial charge in [-0.2, -0.15) is 4.98 Å². The summed E-state index contributed by atoms with van der Waals surface area (Å²) in [4.78, 5) is 21.0. The number of nitrogen functional groups attached to an aromatic ring is 1. The summed E-state index contributed by atoms with van der Waals surface area (Å²) in [6.07, 6.45) is 2.01. The summed E-state index contributed by atoms with van der Waals surface area (Å²) in [5, 5.41) is 0.883. The Labute approximate surface area is 106 Å². The molecule has 1 amide bonds. The SMILES string of the molecule is Nc1nc(Cl)ncc1N1CC(CBr)CC1=O. The van der Waals surface area contributed by atoms with Crippen molar-refractivity contribution in [3.05, 3.63) is 11.5 Å². The second-order valence-corrected chi connectivity index (χ2v) is 4.62. The van der Waals surface area contributed by atoms with E-state index in [9.17, 15) is 4.79 Å². The zero-order valence-electron chi connectivity index (χ0n) is 8.36. The van der Waals surface area contributed by atoms with Gasteiger partial charge in [-0.1, -0.05) is 15.9 Å². The van der Waals surface area contributed by atoms with E-state index in [1.807, 2.05) is 0 Å². The van der Waals surface area contributed by atoms with Crippen molar-refractivity contribution in [3.63, 3.8) is 0 Å². The average Bonchev–Trinajstić information content (AvgIpc) is 2.60. The van der Waals surface area contributed by atoms with Crippen LogP contribution in [0.25, 0.3) is 0 Å². The second kappa shape index (κ2) is 4.55. The third kappa shape index (κ3) is 2.12. The summed E-state index contributed by atoms with van der Waals surface area (Å²) in [5.74, 6) is 0.591. The van der Waals surface area contributed by atoms with Gasteiger partial charge in [-0.05, 0) is 17.5 Å². The van der Waals surface area contributed by atoms with Gasteiger partial charge in [0, 0.05) is 18.3 Å². The standard InChI is InChI=1S/C9H10BrClN4O/c10-2-5-1-7(16)15(4-5)6-3-13-9(11)14-8(6)12/h3,5H,1-2,4H2,(H2,12,13,14). The fraction of sp³-hybridized carbons (Fsp3) is 0.444. The number of carbonyl (C=O) groups excluding carboxylic acids is 1. The maximum absolute atomic E-state index is 11.7. The number of halogens is 2. The lowest BCUT2D eigenvalue weighted by Crippen LogP contribution is -2.26. The molecule has 1 fully saturated rings. The molecule has 2 rings (SSSR count). The molecule has 2 heterocycles. The molecule has 0 radical (unpaired) electrons. The van der Waals surface area contributed by atoms with E-state index in [1.165, 1.54) is 6.20 Å². The van der Waals surface area contributed by atoms with Crippen LogP contribution in [0.3, 0.4) is 0 Å². The van der Waals surface area contributed by atoms with Crippen molar-refractivity contribution in [2.45, 2.75) is 6.42 Å². The Bertz CT molecular complexity index is 428. The van der Waals surface area contributed by atoms with Gasteiger partial charge in [-0.25, -0.2) is 4.98 Å². The molecular weight excluding hydrogens is 295 g/mol. The van der Waals surface area contributed by atoms with E-state index in [2.05, 4.69) is 25.9 Å². The van der Waals surface area contributed by atoms with E-state index in [1.54, 1.807) is 4.90 Å². The molecule has 2 N–H and O–H groups in total. The highest BCUT2D eigenvalue weighted by Gasteiger charge is 2.31. The van der Waals surface area contributed by atoms with Crippen molar-refractivity contribution >= 4 is 44.9 Å². The molecule has 1 aliphatic rings. The van der Waals surface area contributed by atoms with Crippen LogP contribution >= 0.6 is 27.5 Å². The Morgan fingerprint density at radius 1 is 1.69 bits per heavy atom. The first-order valence-electron chi connectivity index (χ1n) is 4.76. The largest absolute Gasteiger partial charge is 0.382 e. The molecule has 0 spiro atoms. The fourth-order valence-corrected chi connectivity index (χ4v) is 2.27. The third-order valence-corrected chi connectivity index (χ3v) is 3.58. The number of hydrogen-bond donors (Lipinski definition) is 1. The molecule has 0 aliphatic carbocycles. The lowest BCUT2D eigenvalue weighted by atomic mass is 10.2. The number of nitrogens with zero attached hydrogens (tertiary/aromatic N) is 3. The topological polar surface area (TPSA) is 72.1 Å². The van der Waals surface area contributed by atoms with Crippen LogP contribution in [-0.2, 0) is 4.79 Å². The first-order chi connectivity index (χ1) is 7.61. The van der Waals surface area contributed by atoms with Crippen molar-refractivity contribution in [2.75, 3.05) is 22.5 Å². The molecule has 1 atom stereocenters. The van der Waals surface area contributed by atoms with Gasteiger partial charge in [-0.15, -0.1) is 0 Å². The zero-order valence-corrected chi connectivity index (χ0v) is 10.7. The van der Waals surface area contributed by atoms with E-state index in [4.69, 9.17) is 17.3 Å². The Kier molecular flexibility index (Phi) is 3.30. The highest BCUT2D eigenvalue weighted by Crippen LogP contribution is 2.29. The molecule has 0 aromatic carbocycles. The molecule has 1 saturated heterocycles. The van der Waals surface area contributed by atoms with Gasteiger partial charge in [0.25, 0.3) is 0 Å². The highest BCUT2D eigenvalue weighted by molar-refractivity contribution is 9.09.